The van der Waals surface area contributed by atoms with Crippen molar-refractivity contribution in [3.8, 4) is 0 Å². The Morgan fingerprint density at radius 1 is 1.26 bits per heavy atom. The molecule has 6 heteroatoms. The van der Waals surface area contributed by atoms with Gasteiger partial charge >= 0.3 is 0 Å². The first-order valence-corrected chi connectivity index (χ1v) is 8.48. The number of aryl methyl sites for hydroxylation is 2. The SMILES string of the molecule is CCC(=O)Nc1cccc(C(=O)NCc2sc(C)nc2CC)c1. The van der Waals surface area contributed by atoms with Crippen LogP contribution in [0.1, 0.15) is 46.2 Å². The molecule has 122 valence electrons. The second-order valence-corrected chi connectivity index (χ2v) is 6.41. The molecule has 0 saturated carbocycles. The van der Waals surface area contributed by atoms with Gasteiger partial charge in [-0.15, -0.1) is 11.3 Å². The molecule has 0 spiro atoms. The molecule has 0 atom stereocenters. The van der Waals surface area contributed by atoms with Gasteiger partial charge in [-0.25, -0.2) is 4.98 Å². The summed E-state index contributed by atoms with van der Waals surface area (Å²) in [5.74, 6) is -0.235. The second-order valence-electron chi connectivity index (χ2n) is 5.12. The molecule has 1 aromatic heterocycles. The number of thiazole rings is 1. The second kappa shape index (κ2) is 7.87. The van der Waals surface area contributed by atoms with Crippen molar-refractivity contribution in [2.24, 2.45) is 0 Å². The van der Waals surface area contributed by atoms with Crippen LogP contribution >= 0.6 is 11.3 Å². The molecule has 0 aliphatic carbocycles. The van der Waals surface area contributed by atoms with E-state index in [0.717, 1.165) is 22.0 Å². The molecule has 2 amide bonds. The van der Waals surface area contributed by atoms with E-state index in [1.54, 1.807) is 42.5 Å². The van der Waals surface area contributed by atoms with E-state index in [-0.39, 0.29) is 11.8 Å². The summed E-state index contributed by atoms with van der Waals surface area (Å²) in [6.45, 7) is 6.28. The lowest BCUT2D eigenvalue weighted by atomic mass is 10.2. The van der Waals surface area contributed by atoms with Crippen molar-refractivity contribution in [2.75, 3.05) is 5.32 Å². The van der Waals surface area contributed by atoms with E-state index in [4.69, 9.17) is 0 Å². The Bertz CT molecular complexity index is 710. The quantitative estimate of drug-likeness (QED) is 0.853. The first-order chi connectivity index (χ1) is 11.0. The number of amides is 2. The Kier molecular flexibility index (Phi) is 5.87. The number of hydrogen-bond acceptors (Lipinski definition) is 4. The third-order valence-corrected chi connectivity index (χ3v) is 4.37. The van der Waals surface area contributed by atoms with Crippen LogP contribution < -0.4 is 10.6 Å². The summed E-state index contributed by atoms with van der Waals surface area (Å²) in [7, 11) is 0. The number of benzene rings is 1. The van der Waals surface area contributed by atoms with Gasteiger partial charge in [0.25, 0.3) is 5.91 Å². The summed E-state index contributed by atoms with van der Waals surface area (Å²) in [5.41, 5.74) is 2.20. The van der Waals surface area contributed by atoms with Gasteiger partial charge in [-0.1, -0.05) is 19.9 Å². The van der Waals surface area contributed by atoms with Gasteiger partial charge in [-0.2, -0.15) is 0 Å². The van der Waals surface area contributed by atoms with E-state index in [2.05, 4.69) is 22.5 Å². The van der Waals surface area contributed by atoms with Gasteiger partial charge in [-0.05, 0) is 31.5 Å². The summed E-state index contributed by atoms with van der Waals surface area (Å²) in [4.78, 5) is 29.3. The molecule has 0 radical (unpaired) electrons. The first-order valence-electron chi connectivity index (χ1n) is 7.66. The smallest absolute Gasteiger partial charge is 0.251 e. The lowest BCUT2D eigenvalue weighted by Crippen LogP contribution is -2.23. The summed E-state index contributed by atoms with van der Waals surface area (Å²) < 4.78 is 0. The highest BCUT2D eigenvalue weighted by Gasteiger charge is 2.11. The van der Waals surface area contributed by atoms with Crippen molar-refractivity contribution < 1.29 is 9.59 Å². The molecule has 0 unspecified atom stereocenters. The van der Waals surface area contributed by atoms with Crippen LogP contribution in [0.5, 0.6) is 0 Å². The van der Waals surface area contributed by atoms with Crippen LogP contribution in [0, 0.1) is 6.92 Å². The summed E-state index contributed by atoms with van der Waals surface area (Å²) in [6, 6.07) is 6.94. The van der Waals surface area contributed by atoms with E-state index >= 15 is 0 Å². The molecule has 5 nitrogen and oxygen atoms in total. The maximum atomic E-state index is 12.3. The van der Waals surface area contributed by atoms with Crippen molar-refractivity contribution in [3.05, 3.63) is 45.4 Å². The van der Waals surface area contributed by atoms with Gasteiger partial charge in [0.2, 0.25) is 5.91 Å². The van der Waals surface area contributed by atoms with Gasteiger partial charge in [-0.3, -0.25) is 9.59 Å². The van der Waals surface area contributed by atoms with Crippen LogP contribution in [-0.4, -0.2) is 16.8 Å². The van der Waals surface area contributed by atoms with Crippen LogP contribution in [0.25, 0.3) is 0 Å². The van der Waals surface area contributed by atoms with E-state index < -0.39 is 0 Å². The zero-order valence-electron chi connectivity index (χ0n) is 13.6. The van der Waals surface area contributed by atoms with Crippen LogP contribution in [0.3, 0.4) is 0 Å². The van der Waals surface area contributed by atoms with E-state index in [0.29, 0.717) is 24.2 Å². The molecular weight excluding hydrogens is 310 g/mol. The fourth-order valence-corrected chi connectivity index (χ4v) is 3.14. The number of nitrogens with zero attached hydrogens (tertiary/aromatic N) is 1. The predicted molar refractivity (Wildman–Crippen MR) is 92.8 cm³/mol. The highest BCUT2D eigenvalue weighted by molar-refractivity contribution is 7.11. The van der Waals surface area contributed by atoms with Gasteiger partial charge < -0.3 is 10.6 Å². The highest BCUT2D eigenvalue weighted by atomic mass is 32.1. The molecule has 0 bridgehead atoms. The number of anilines is 1. The number of aromatic nitrogens is 1. The van der Waals surface area contributed by atoms with Crippen LogP contribution in [0.15, 0.2) is 24.3 Å². The van der Waals surface area contributed by atoms with E-state index in [9.17, 15) is 9.59 Å². The standard InChI is InChI=1S/C17H21N3O2S/c1-4-14-15(23-11(3)19-14)10-18-17(22)12-7-6-8-13(9-12)20-16(21)5-2/h6-9H,4-5,10H2,1-3H3,(H,18,22)(H,20,21). The molecule has 2 N–H and O–H groups in total. The van der Waals surface area contributed by atoms with E-state index in [1.165, 1.54) is 0 Å². The lowest BCUT2D eigenvalue weighted by Gasteiger charge is -2.08. The Balaban J connectivity index is 2.03. The predicted octanol–water partition coefficient (Wildman–Crippen LogP) is 3.29. The number of rotatable bonds is 6. The van der Waals surface area contributed by atoms with Crippen molar-refractivity contribution in [3.63, 3.8) is 0 Å². The molecule has 23 heavy (non-hydrogen) atoms. The third kappa shape index (κ3) is 4.63. The molecule has 0 saturated heterocycles. The monoisotopic (exact) mass is 331 g/mol. The molecular formula is C17H21N3O2S. The summed E-state index contributed by atoms with van der Waals surface area (Å²) >= 11 is 1.61. The summed E-state index contributed by atoms with van der Waals surface area (Å²) in [5, 5.41) is 6.68. The number of carbonyl (C=O) groups is 2. The maximum absolute atomic E-state index is 12.3. The summed E-state index contributed by atoms with van der Waals surface area (Å²) in [6.07, 6.45) is 1.26. The number of carbonyl (C=O) groups excluding carboxylic acids is 2. The van der Waals surface area contributed by atoms with Gasteiger partial charge in [0.15, 0.2) is 0 Å². The minimum atomic E-state index is -0.161. The molecule has 0 fully saturated rings. The Morgan fingerprint density at radius 3 is 2.74 bits per heavy atom. The molecule has 2 rings (SSSR count). The van der Waals surface area contributed by atoms with Crippen LogP contribution in [0.4, 0.5) is 5.69 Å². The first kappa shape index (κ1) is 17.1. The topological polar surface area (TPSA) is 71.1 Å². The Labute approximate surface area is 140 Å². The minimum Gasteiger partial charge on any atom is -0.347 e. The number of hydrogen-bond donors (Lipinski definition) is 2. The van der Waals surface area contributed by atoms with Crippen molar-refractivity contribution in [2.45, 2.75) is 40.2 Å². The number of nitrogens with one attached hydrogen (secondary N) is 2. The molecule has 1 heterocycles. The highest BCUT2D eigenvalue weighted by Crippen LogP contribution is 2.18. The average molecular weight is 331 g/mol. The van der Waals surface area contributed by atoms with E-state index in [1.807, 2.05) is 6.92 Å². The maximum Gasteiger partial charge on any atom is 0.251 e. The Hall–Kier alpha value is -2.21. The zero-order chi connectivity index (χ0) is 16.8. The van der Waals surface area contributed by atoms with Gasteiger partial charge in [0.05, 0.1) is 17.2 Å². The van der Waals surface area contributed by atoms with Crippen molar-refractivity contribution >= 4 is 28.8 Å². The van der Waals surface area contributed by atoms with Crippen LogP contribution in [-0.2, 0) is 17.8 Å². The molecule has 0 aliphatic heterocycles. The average Bonchev–Trinajstić information content (AvgIpc) is 2.92. The molecule has 2 aromatic rings. The normalized spacial score (nSPS) is 10.4. The minimum absolute atomic E-state index is 0.0738. The zero-order valence-corrected chi connectivity index (χ0v) is 14.4. The molecule has 0 aliphatic rings. The van der Waals surface area contributed by atoms with Crippen LogP contribution in [0.2, 0.25) is 0 Å². The third-order valence-electron chi connectivity index (χ3n) is 3.36. The van der Waals surface area contributed by atoms with Crippen molar-refractivity contribution in [1.82, 2.24) is 10.3 Å². The lowest BCUT2D eigenvalue weighted by molar-refractivity contribution is -0.115. The fraction of sp³-hybridized carbons (Fsp3) is 0.353. The van der Waals surface area contributed by atoms with Gasteiger partial charge in [0, 0.05) is 22.5 Å². The van der Waals surface area contributed by atoms with Gasteiger partial charge in [0.1, 0.15) is 0 Å². The largest absolute Gasteiger partial charge is 0.347 e. The van der Waals surface area contributed by atoms with Crippen molar-refractivity contribution in [1.29, 1.82) is 0 Å². The fourth-order valence-electron chi connectivity index (χ4n) is 2.18. The Morgan fingerprint density at radius 2 is 2.04 bits per heavy atom. The molecule has 1 aromatic carbocycles.